The van der Waals surface area contributed by atoms with Gasteiger partial charge in [0.1, 0.15) is 0 Å². The fraction of sp³-hybridized carbons (Fsp3) is 0.941. The molecule has 0 spiro atoms. The second kappa shape index (κ2) is 8.74. The van der Waals surface area contributed by atoms with Gasteiger partial charge < -0.3 is 15.5 Å². The molecule has 2 fully saturated rings. The fourth-order valence-corrected chi connectivity index (χ4v) is 3.85. The Morgan fingerprint density at radius 1 is 1.33 bits per heavy atom. The standard InChI is InChI=1S/C17H33N3O/c1-3-7-15(4-2)20-11-6-8-14(13-20)12-19-17(21)16-9-5-10-18-16/h14-16,18H,3-13H2,1-2H3,(H,19,21). The van der Waals surface area contributed by atoms with Gasteiger partial charge >= 0.3 is 0 Å². The Balaban J connectivity index is 1.74. The van der Waals surface area contributed by atoms with Gasteiger partial charge in [0, 0.05) is 19.1 Å². The lowest BCUT2D eigenvalue weighted by atomic mass is 9.94. The van der Waals surface area contributed by atoms with Crippen LogP contribution in [-0.4, -0.2) is 49.1 Å². The summed E-state index contributed by atoms with van der Waals surface area (Å²) in [7, 11) is 0. The monoisotopic (exact) mass is 295 g/mol. The van der Waals surface area contributed by atoms with Crippen molar-refractivity contribution in [3.63, 3.8) is 0 Å². The Bertz CT molecular complexity index is 315. The number of nitrogens with one attached hydrogen (secondary N) is 2. The second-order valence-corrected chi connectivity index (χ2v) is 6.75. The van der Waals surface area contributed by atoms with Gasteiger partial charge in [-0.25, -0.2) is 0 Å². The number of rotatable bonds is 7. The Labute approximate surface area is 130 Å². The lowest BCUT2D eigenvalue weighted by Gasteiger charge is -2.38. The molecule has 2 rings (SSSR count). The van der Waals surface area contributed by atoms with Crippen LogP contribution in [0.5, 0.6) is 0 Å². The van der Waals surface area contributed by atoms with E-state index in [0.717, 1.165) is 38.5 Å². The van der Waals surface area contributed by atoms with Crippen molar-refractivity contribution >= 4 is 5.91 Å². The van der Waals surface area contributed by atoms with E-state index in [4.69, 9.17) is 0 Å². The van der Waals surface area contributed by atoms with Crippen LogP contribution in [0.4, 0.5) is 0 Å². The zero-order chi connectivity index (χ0) is 15.1. The van der Waals surface area contributed by atoms with Gasteiger partial charge in [-0.05, 0) is 57.5 Å². The lowest BCUT2D eigenvalue weighted by Crippen LogP contribution is -2.47. The van der Waals surface area contributed by atoms with Gasteiger partial charge in [-0.1, -0.05) is 20.3 Å². The molecule has 0 saturated carbocycles. The Morgan fingerprint density at radius 2 is 2.19 bits per heavy atom. The topological polar surface area (TPSA) is 44.4 Å². The van der Waals surface area contributed by atoms with Gasteiger partial charge in [0.05, 0.1) is 6.04 Å². The number of hydrogen-bond donors (Lipinski definition) is 2. The minimum atomic E-state index is 0.0631. The van der Waals surface area contributed by atoms with Crippen LogP contribution < -0.4 is 10.6 Å². The number of carbonyl (C=O) groups is 1. The first-order chi connectivity index (χ1) is 10.2. The molecule has 0 aromatic carbocycles. The average Bonchev–Trinajstić information content (AvgIpc) is 3.05. The third-order valence-corrected chi connectivity index (χ3v) is 5.10. The van der Waals surface area contributed by atoms with Crippen molar-refractivity contribution in [2.75, 3.05) is 26.2 Å². The smallest absolute Gasteiger partial charge is 0.237 e. The fourth-order valence-electron chi connectivity index (χ4n) is 3.85. The molecule has 3 atom stereocenters. The third kappa shape index (κ3) is 4.96. The molecule has 4 nitrogen and oxygen atoms in total. The highest BCUT2D eigenvalue weighted by Crippen LogP contribution is 2.21. The van der Waals surface area contributed by atoms with Crippen molar-refractivity contribution in [1.29, 1.82) is 0 Å². The Hall–Kier alpha value is -0.610. The first-order valence-electron chi connectivity index (χ1n) is 8.99. The largest absolute Gasteiger partial charge is 0.354 e. The maximum atomic E-state index is 12.1. The summed E-state index contributed by atoms with van der Waals surface area (Å²) >= 11 is 0. The number of nitrogens with zero attached hydrogens (tertiary/aromatic N) is 1. The van der Waals surface area contributed by atoms with E-state index < -0.39 is 0 Å². The molecular weight excluding hydrogens is 262 g/mol. The molecule has 0 aromatic rings. The summed E-state index contributed by atoms with van der Waals surface area (Å²) in [6.07, 6.45) is 8.49. The van der Waals surface area contributed by atoms with E-state index in [1.54, 1.807) is 0 Å². The van der Waals surface area contributed by atoms with Crippen LogP contribution in [0, 0.1) is 5.92 Å². The first kappa shape index (κ1) is 16.8. The number of piperidine rings is 1. The molecule has 0 bridgehead atoms. The molecule has 0 aliphatic carbocycles. The van der Waals surface area contributed by atoms with E-state index in [0.29, 0.717) is 5.92 Å². The first-order valence-corrected chi connectivity index (χ1v) is 8.99. The molecule has 4 heteroatoms. The van der Waals surface area contributed by atoms with Crippen LogP contribution in [0.15, 0.2) is 0 Å². The highest BCUT2D eigenvalue weighted by molar-refractivity contribution is 5.81. The highest BCUT2D eigenvalue weighted by atomic mass is 16.2. The summed E-state index contributed by atoms with van der Waals surface area (Å²) in [4.78, 5) is 14.7. The zero-order valence-electron chi connectivity index (χ0n) is 13.9. The minimum absolute atomic E-state index is 0.0631. The van der Waals surface area contributed by atoms with Crippen LogP contribution in [0.2, 0.25) is 0 Å². The molecule has 2 heterocycles. The maximum Gasteiger partial charge on any atom is 0.237 e. The molecule has 0 radical (unpaired) electrons. The number of carbonyl (C=O) groups excluding carboxylic acids is 1. The predicted molar refractivity (Wildman–Crippen MR) is 87.3 cm³/mol. The molecule has 21 heavy (non-hydrogen) atoms. The number of hydrogen-bond acceptors (Lipinski definition) is 3. The molecule has 2 aliphatic rings. The summed E-state index contributed by atoms with van der Waals surface area (Å²) < 4.78 is 0. The van der Waals surface area contributed by atoms with Crippen LogP contribution in [-0.2, 0) is 4.79 Å². The second-order valence-electron chi connectivity index (χ2n) is 6.75. The lowest BCUT2D eigenvalue weighted by molar-refractivity contribution is -0.123. The highest BCUT2D eigenvalue weighted by Gasteiger charge is 2.26. The molecule has 2 aliphatic heterocycles. The molecule has 0 aromatic heterocycles. The van der Waals surface area contributed by atoms with Crippen molar-refractivity contribution in [3.05, 3.63) is 0 Å². The summed E-state index contributed by atoms with van der Waals surface area (Å²) in [5, 5.41) is 6.45. The summed E-state index contributed by atoms with van der Waals surface area (Å²) in [6.45, 7) is 8.83. The molecule has 3 unspecified atom stereocenters. The van der Waals surface area contributed by atoms with Crippen molar-refractivity contribution in [2.45, 2.75) is 70.9 Å². The number of amides is 1. The molecule has 2 saturated heterocycles. The summed E-state index contributed by atoms with van der Waals surface area (Å²) in [5.41, 5.74) is 0. The van der Waals surface area contributed by atoms with E-state index in [2.05, 4.69) is 29.4 Å². The van der Waals surface area contributed by atoms with Gasteiger partial charge in [-0.15, -0.1) is 0 Å². The van der Waals surface area contributed by atoms with Crippen LogP contribution in [0.1, 0.15) is 58.8 Å². The van der Waals surface area contributed by atoms with E-state index >= 15 is 0 Å². The van der Waals surface area contributed by atoms with E-state index in [-0.39, 0.29) is 11.9 Å². The summed E-state index contributed by atoms with van der Waals surface area (Å²) in [5.74, 6) is 0.847. The van der Waals surface area contributed by atoms with Gasteiger partial charge in [-0.2, -0.15) is 0 Å². The van der Waals surface area contributed by atoms with Crippen molar-refractivity contribution in [2.24, 2.45) is 5.92 Å². The normalized spacial score (nSPS) is 28.5. The van der Waals surface area contributed by atoms with Crippen LogP contribution in [0.25, 0.3) is 0 Å². The van der Waals surface area contributed by atoms with Gasteiger partial charge in [-0.3, -0.25) is 4.79 Å². The van der Waals surface area contributed by atoms with Gasteiger partial charge in [0.15, 0.2) is 0 Å². The average molecular weight is 295 g/mol. The SMILES string of the molecule is CCCC(CC)N1CCCC(CNC(=O)C2CCCN2)C1. The van der Waals surface area contributed by atoms with Gasteiger partial charge in [0.25, 0.3) is 0 Å². The maximum absolute atomic E-state index is 12.1. The van der Waals surface area contributed by atoms with Crippen LogP contribution >= 0.6 is 0 Å². The van der Waals surface area contributed by atoms with Crippen molar-refractivity contribution in [3.8, 4) is 0 Å². The van der Waals surface area contributed by atoms with Crippen molar-refractivity contribution in [1.82, 2.24) is 15.5 Å². The van der Waals surface area contributed by atoms with E-state index in [1.807, 2.05) is 0 Å². The predicted octanol–water partition coefficient (Wildman–Crippen LogP) is 2.15. The quantitative estimate of drug-likeness (QED) is 0.756. The van der Waals surface area contributed by atoms with E-state index in [1.165, 1.54) is 38.6 Å². The molecule has 122 valence electrons. The van der Waals surface area contributed by atoms with E-state index in [9.17, 15) is 4.79 Å². The summed E-state index contributed by atoms with van der Waals surface area (Å²) in [6, 6.07) is 0.804. The van der Waals surface area contributed by atoms with Gasteiger partial charge in [0.2, 0.25) is 5.91 Å². The van der Waals surface area contributed by atoms with Crippen LogP contribution in [0.3, 0.4) is 0 Å². The Morgan fingerprint density at radius 3 is 2.86 bits per heavy atom. The third-order valence-electron chi connectivity index (χ3n) is 5.10. The Kier molecular flexibility index (Phi) is 6.97. The molecule has 2 N–H and O–H groups in total. The van der Waals surface area contributed by atoms with Crippen molar-refractivity contribution < 1.29 is 4.79 Å². The zero-order valence-corrected chi connectivity index (χ0v) is 13.9. The number of likely N-dealkylation sites (tertiary alicyclic amines) is 1. The molecular formula is C17H33N3O. The minimum Gasteiger partial charge on any atom is -0.354 e. The molecule has 1 amide bonds.